The van der Waals surface area contributed by atoms with Gasteiger partial charge in [-0.3, -0.25) is 13.9 Å². The van der Waals surface area contributed by atoms with E-state index in [1.807, 2.05) is 23.6 Å². The van der Waals surface area contributed by atoms with E-state index in [1.165, 1.54) is 9.95 Å². The van der Waals surface area contributed by atoms with Gasteiger partial charge in [0.05, 0.1) is 9.60 Å². The zero-order valence-electron chi connectivity index (χ0n) is 18.0. The first-order valence-electron chi connectivity index (χ1n) is 10.5. The van der Waals surface area contributed by atoms with Crippen LogP contribution in [-0.2, 0) is 20.0 Å². The minimum atomic E-state index is -0.248. The van der Waals surface area contributed by atoms with Crippen LogP contribution < -0.4 is 11.2 Å². The van der Waals surface area contributed by atoms with E-state index < -0.39 is 0 Å². The lowest BCUT2D eigenvalue weighted by Gasteiger charge is -2.11. The van der Waals surface area contributed by atoms with E-state index in [0.29, 0.717) is 24.3 Å². The molecule has 4 heterocycles. The molecule has 164 valence electrons. The summed E-state index contributed by atoms with van der Waals surface area (Å²) in [5.74, 6) is 0.293. The predicted molar refractivity (Wildman–Crippen MR) is 136 cm³/mol. The van der Waals surface area contributed by atoms with Gasteiger partial charge >= 0.3 is 5.69 Å². The highest BCUT2D eigenvalue weighted by atomic mass is 32.2. The lowest BCUT2D eigenvalue weighted by Crippen LogP contribution is -2.38. The van der Waals surface area contributed by atoms with Crippen molar-refractivity contribution in [1.29, 1.82) is 0 Å². The Bertz CT molecular complexity index is 1500. The summed E-state index contributed by atoms with van der Waals surface area (Å²) in [4.78, 5) is 32.6. The number of para-hydroxylation sites is 1. The largest absolute Gasteiger partial charge is 0.358 e. The Balaban J connectivity index is 1.74. The first kappa shape index (κ1) is 21.3. The fourth-order valence-electron chi connectivity index (χ4n) is 3.93. The molecule has 0 bridgehead atoms. The molecule has 0 aliphatic carbocycles. The summed E-state index contributed by atoms with van der Waals surface area (Å²) in [6.07, 6.45) is 0.681. The van der Waals surface area contributed by atoms with Crippen molar-refractivity contribution in [3.63, 3.8) is 0 Å². The Morgan fingerprint density at radius 2 is 1.94 bits per heavy atom. The van der Waals surface area contributed by atoms with Crippen molar-refractivity contribution in [1.82, 2.24) is 14.1 Å². The maximum atomic E-state index is 13.3. The first-order chi connectivity index (χ1) is 15.4. The summed E-state index contributed by atoms with van der Waals surface area (Å²) in [7, 11) is 1.58. The molecule has 0 aliphatic rings. The van der Waals surface area contributed by atoms with Gasteiger partial charge < -0.3 is 4.98 Å². The number of fused-ring (bicyclic) bond motifs is 2. The molecule has 0 saturated carbocycles. The number of nitrogens with zero attached hydrogens (tertiary/aromatic N) is 2. The van der Waals surface area contributed by atoms with Crippen LogP contribution in [0.3, 0.4) is 0 Å². The number of hydrogen-bond acceptors (Lipinski definition) is 5. The van der Waals surface area contributed by atoms with Crippen molar-refractivity contribution in [3.05, 3.63) is 79.3 Å². The van der Waals surface area contributed by atoms with Gasteiger partial charge in [0.25, 0.3) is 5.56 Å². The molecule has 0 fully saturated rings. The van der Waals surface area contributed by atoms with E-state index >= 15 is 0 Å². The Morgan fingerprint density at radius 1 is 1.12 bits per heavy atom. The number of thiophene rings is 2. The lowest BCUT2D eigenvalue weighted by atomic mass is 10.2. The molecule has 32 heavy (non-hydrogen) atoms. The van der Waals surface area contributed by atoms with E-state index in [2.05, 4.69) is 43.1 Å². The van der Waals surface area contributed by atoms with Crippen molar-refractivity contribution in [3.8, 4) is 0 Å². The lowest BCUT2D eigenvalue weighted by molar-refractivity contribution is 0.504. The number of aromatic amines is 1. The minimum absolute atomic E-state index is 0.219. The smallest absolute Gasteiger partial charge is 0.331 e. The summed E-state index contributed by atoms with van der Waals surface area (Å²) in [5, 5.41) is 3.87. The zero-order chi connectivity index (χ0) is 22.4. The monoisotopic (exact) mass is 481 g/mol. The van der Waals surface area contributed by atoms with Gasteiger partial charge in [-0.2, -0.15) is 0 Å². The van der Waals surface area contributed by atoms with Crippen molar-refractivity contribution in [2.45, 2.75) is 35.9 Å². The molecule has 5 rings (SSSR count). The molecule has 0 atom stereocenters. The number of nitrogens with one attached hydrogen (secondary N) is 1. The fraction of sp³-hybridized carbons (Fsp3) is 0.250. The van der Waals surface area contributed by atoms with Gasteiger partial charge in [-0.05, 0) is 34.9 Å². The average Bonchev–Trinajstić information content (AvgIpc) is 3.49. The molecule has 0 unspecified atom stereocenters. The number of rotatable bonds is 6. The number of aromatic nitrogens is 3. The van der Waals surface area contributed by atoms with Gasteiger partial charge in [0, 0.05) is 41.0 Å². The molecule has 0 aliphatic heterocycles. The maximum Gasteiger partial charge on any atom is 0.331 e. The molecule has 5 aromatic rings. The second-order valence-corrected chi connectivity index (χ2v) is 11.6. The Kier molecular flexibility index (Phi) is 5.61. The van der Waals surface area contributed by atoms with Crippen LogP contribution in [0, 0.1) is 5.92 Å². The Hall–Kier alpha value is -2.55. The first-order valence-corrected chi connectivity index (χ1v) is 13.0. The average molecular weight is 482 g/mol. The van der Waals surface area contributed by atoms with Crippen molar-refractivity contribution in [2.24, 2.45) is 13.0 Å². The van der Waals surface area contributed by atoms with Crippen LogP contribution in [0.15, 0.2) is 66.5 Å². The molecule has 1 N–H and O–H groups in total. The van der Waals surface area contributed by atoms with Crippen LogP contribution in [0.25, 0.3) is 21.1 Å². The highest BCUT2D eigenvalue weighted by Gasteiger charge is 2.23. The molecule has 1 aromatic carbocycles. The van der Waals surface area contributed by atoms with E-state index in [9.17, 15) is 9.59 Å². The van der Waals surface area contributed by atoms with E-state index in [0.717, 1.165) is 30.0 Å². The quantitative estimate of drug-likeness (QED) is 0.338. The highest BCUT2D eigenvalue weighted by molar-refractivity contribution is 8.01. The highest BCUT2D eigenvalue weighted by Crippen LogP contribution is 2.42. The Labute approximate surface area is 197 Å². The van der Waals surface area contributed by atoms with Crippen LogP contribution in [0.4, 0.5) is 0 Å². The second-order valence-electron chi connectivity index (χ2n) is 8.28. The summed E-state index contributed by atoms with van der Waals surface area (Å²) in [5.41, 5.74) is 1.73. The van der Waals surface area contributed by atoms with E-state index in [4.69, 9.17) is 0 Å². The zero-order valence-corrected chi connectivity index (χ0v) is 20.5. The SMILES string of the molecule is CC(C)Cn1c(=O)n(C)c(=O)c2c(Sc3cccs3)c(Cc3cc4ccccc4[nH]3)sc21. The molecule has 4 aromatic heterocycles. The van der Waals surface area contributed by atoms with Gasteiger partial charge in [-0.25, -0.2) is 4.79 Å². The van der Waals surface area contributed by atoms with Crippen LogP contribution in [-0.4, -0.2) is 14.1 Å². The van der Waals surface area contributed by atoms with E-state index in [-0.39, 0.29) is 11.2 Å². The fourth-order valence-corrected chi connectivity index (χ4v) is 7.33. The summed E-state index contributed by atoms with van der Waals surface area (Å²) >= 11 is 4.85. The van der Waals surface area contributed by atoms with Crippen molar-refractivity contribution >= 4 is 55.6 Å². The van der Waals surface area contributed by atoms with E-state index in [1.54, 1.807) is 46.1 Å². The predicted octanol–water partition coefficient (Wildman–Crippen LogP) is 5.70. The van der Waals surface area contributed by atoms with Gasteiger partial charge in [0.15, 0.2) is 0 Å². The van der Waals surface area contributed by atoms with Crippen molar-refractivity contribution < 1.29 is 0 Å². The van der Waals surface area contributed by atoms with Crippen LogP contribution in [0.1, 0.15) is 24.4 Å². The molecule has 0 saturated heterocycles. The maximum absolute atomic E-state index is 13.3. The molecule has 0 amide bonds. The van der Waals surface area contributed by atoms with Crippen LogP contribution in [0.5, 0.6) is 0 Å². The van der Waals surface area contributed by atoms with Gasteiger partial charge in [0.2, 0.25) is 0 Å². The standard InChI is InChI=1S/C24H23N3O2S3/c1-14(2)13-27-23-20(22(28)26(3)24(27)29)21(32-19-9-6-10-30-19)18(31-23)12-16-11-15-7-4-5-8-17(15)25-16/h4-11,14,25H,12-13H2,1-3H3. The third kappa shape index (κ3) is 3.76. The van der Waals surface area contributed by atoms with Gasteiger partial charge in [0.1, 0.15) is 4.83 Å². The topological polar surface area (TPSA) is 59.8 Å². The minimum Gasteiger partial charge on any atom is -0.358 e. The normalized spacial score (nSPS) is 11.9. The van der Waals surface area contributed by atoms with Gasteiger partial charge in [-0.1, -0.05) is 49.9 Å². The number of hydrogen-bond donors (Lipinski definition) is 1. The van der Waals surface area contributed by atoms with Crippen LogP contribution in [0.2, 0.25) is 0 Å². The third-order valence-electron chi connectivity index (χ3n) is 5.38. The molecular weight excluding hydrogens is 458 g/mol. The molecule has 5 nitrogen and oxygen atoms in total. The third-order valence-corrected chi connectivity index (χ3v) is 8.91. The molecular formula is C24H23N3O2S3. The Morgan fingerprint density at radius 3 is 2.66 bits per heavy atom. The van der Waals surface area contributed by atoms with Gasteiger partial charge in [-0.15, -0.1) is 22.7 Å². The van der Waals surface area contributed by atoms with Crippen molar-refractivity contribution in [2.75, 3.05) is 0 Å². The summed E-state index contributed by atoms with van der Waals surface area (Å²) < 4.78 is 4.16. The number of benzene rings is 1. The molecule has 0 radical (unpaired) electrons. The second kappa shape index (κ2) is 8.42. The molecule has 8 heteroatoms. The number of H-pyrrole nitrogens is 1. The molecule has 0 spiro atoms. The van der Waals surface area contributed by atoms with Crippen LogP contribution >= 0.6 is 34.4 Å². The summed E-state index contributed by atoms with van der Waals surface area (Å²) in [6.45, 7) is 4.76. The summed E-state index contributed by atoms with van der Waals surface area (Å²) in [6, 6.07) is 14.5.